The van der Waals surface area contributed by atoms with Gasteiger partial charge in [-0.15, -0.1) is 0 Å². The van der Waals surface area contributed by atoms with Crippen LogP contribution in [0.4, 0.5) is 4.39 Å². The summed E-state index contributed by atoms with van der Waals surface area (Å²) in [6, 6.07) is 38.2. The van der Waals surface area contributed by atoms with E-state index in [4.69, 9.17) is 14.2 Å². The summed E-state index contributed by atoms with van der Waals surface area (Å²) >= 11 is 0. The molecule has 1 unspecified atom stereocenters. The number of hydrogen-bond acceptors (Lipinski definition) is 4. The third kappa shape index (κ3) is 4.81. The van der Waals surface area contributed by atoms with Crippen molar-refractivity contribution in [2.24, 2.45) is 0 Å². The summed E-state index contributed by atoms with van der Waals surface area (Å²) < 4.78 is 33.3. The van der Waals surface area contributed by atoms with Gasteiger partial charge in [0.25, 0.3) is 0 Å². The molecule has 5 rings (SSSR count). The molecule has 0 aliphatic carbocycles. The summed E-state index contributed by atoms with van der Waals surface area (Å²) in [6.45, 7) is -0.0536. The number of benzene rings is 4. The highest BCUT2D eigenvalue weighted by Gasteiger charge is 2.44. The summed E-state index contributed by atoms with van der Waals surface area (Å²) in [6.07, 6.45) is -3.39. The zero-order valence-corrected chi connectivity index (χ0v) is 19.7. The Bertz CT molecular complexity index is 1150. The molecule has 0 spiro atoms. The van der Waals surface area contributed by atoms with Crippen LogP contribution < -0.4 is 0 Å². The van der Waals surface area contributed by atoms with Crippen molar-refractivity contribution in [2.45, 2.75) is 24.0 Å². The first kappa shape index (κ1) is 23.9. The van der Waals surface area contributed by atoms with Crippen LogP contribution in [0.5, 0.6) is 0 Å². The normalized spacial score (nSPS) is 19.6. The second-order valence-electron chi connectivity index (χ2n) is 8.72. The Morgan fingerprint density at radius 2 is 1.19 bits per heavy atom. The maximum absolute atomic E-state index is 15.4. The van der Waals surface area contributed by atoms with Crippen molar-refractivity contribution in [1.82, 2.24) is 0 Å². The SMILES string of the molecule is O=C(O[C@@H]1COC(COC(c2ccccc2)(c2ccccc2)c2ccccc2)[C@H]1F)c1ccccc1. The lowest BCUT2D eigenvalue weighted by Gasteiger charge is -2.36. The summed E-state index contributed by atoms with van der Waals surface area (Å²) in [4.78, 5) is 12.4. The number of ether oxygens (including phenoxy) is 3. The van der Waals surface area contributed by atoms with Crippen LogP contribution in [-0.2, 0) is 19.8 Å². The van der Waals surface area contributed by atoms with Crippen molar-refractivity contribution in [1.29, 1.82) is 0 Å². The molecule has 0 amide bonds. The van der Waals surface area contributed by atoms with Crippen molar-refractivity contribution in [3.05, 3.63) is 144 Å². The second kappa shape index (κ2) is 10.9. The van der Waals surface area contributed by atoms with Gasteiger partial charge in [-0.05, 0) is 28.8 Å². The third-order valence-electron chi connectivity index (χ3n) is 6.46. The van der Waals surface area contributed by atoms with Gasteiger partial charge in [0, 0.05) is 0 Å². The number of esters is 1. The van der Waals surface area contributed by atoms with Crippen LogP contribution in [0.15, 0.2) is 121 Å². The predicted octanol–water partition coefficient (Wildman–Crippen LogP) is 5.96. The monoisotopic (exact) mass is 482 g/mol. The summed E-state index contributed by atoms with van der Waals surface area (Å²) in [5.41, 5.74) is 2.15. The molecule has 36 heavy (non-hydrogen) atoms. The van der Waals surface area contributed by atoms with Crippen LogP contribution in [0.2, 0.25) is 0 Å². The van der Waals surface area contributed by atoms with Gasteiger partial charge >= 0.3 is 5.97 Å². The smallest absolute Gasteiger partial charge is 0.338 e. The molecule has 5 heteroatoms. The molecule has 0 N–H and O–H groups in total. The van der Waals surface area contributed by atoms with Crippen LogP contribution in [0.25, 0.3) is 0 Å². The number of halogens is 1. The summed E-state index contributed by atoms with van der Waals surface area (Å²) in [7, 11) is 0. The molecule has 4 aromatic rings. The van der Waals surface area contributed by atoms with E-state index in [1.54, 1.807) is 30.3 Å². The fourth-order valence-corrected chi connectivity index (χ4v) is 4.64. The zero-order valence-electron chi connectivity index (χ0n) is 19.7. The van der Waals surface area contributed by atoms with E-state index in [0.717, 1.165) is 16.7 Å². The van der Waals surface area contributed by atoms with Crippen LogP contribution in [0, 0.1) is 0 Å². The van der Waals surface area contributed by atoms with Crippen molar-refractivity contribution < 1.29 is 23.4 Å². The zero-order chi connectivity index (χ0) is 24.8. The van der Waals surface area contributed by atoms with E-state index in [9.17, 15) is 4.79 Å². The molecule has 4 nitrogen and oxygen atoms in total. The minimum atomic E-state index is -1.52. The molecule has 1 aliphatic heterocycles. The lowest BCUT2D eigenvalue weighted by molar-refractivity contribution is -0.0593. The molecule has 0 aromatic heterocycles. The number of alkyl halides is 1. The molecular weight excluding hydrogens is 455 g/mol. The van der Waals surface area contributed by atoms with Crippen LogP contribution >= 0.6 is 0 Å². The Morgan fingerprint density at radius 3 is 1.67 bits per heavy atom. The van der Waals surface area contributed by atoms with E-state index in [0.29, 0.717) is 5.56 Å². The van der Waals surface area contributed by atoms with Gasteiger partial charge in [0.2, 0.25) is 0 Å². The molecule has 1 heterocycles. The lowest BCUT2D eigenvalue weighted by Crippen LogP contribution is -2.39. The average Bonchev–Trinajstić information content (AvgIpc) is 3.30. The second-order valence-corrected chi connectivity index (χ2v) is 8.72. The Kier molecular flexibility index (Phi) is 7.21. The molecule has 0 bridgehead atoms. The van der Waals surface area contributed by atoms with E-state index in [2.05, 4.69) is 0 Å². The van der Waals surface area contributed by atoms with Gasteiger partial charge in [0.05, 0.1) is 18.8 Å². The standard InChI is InChI=1S/C31H27FO4/c32-29-27(34-21-28(29)36-30(33)23-13-5-1-6-14-23)22-35-31(24-15-7-2-8-16-24,25-17-9-3-10-18-25)26-19-11-4-12-20-26/h1-20,27-29H,21-22H2/t27?,28-,29-/m1/s1. The van der Waals surface area contributed by atoms with Gasteiger partial charge in [0.15, 0.2) is 12.3 Å². The van der Waals surface area contributed by atoms with Gasteiger partial charge in [-0.2, -0.15) is 0 Å². The quantitative estimate of drug-likeness (QED) is 0.230. The highest BCUT2D eigenvalue weighted by atomic mass is 19.1. The molecule has 3 atom stereocenters. The minimum Gasteiger partial charge on any atom is -0.453 e. The molecule has 1 saturated heterocycles. The van der Waals surface area contributed by atoms with Crippen LogP contribution in [0.1, 0.15) is 27.0 Å². The molecule has 1 aliphatic rings. The Balaban J connectivity index is 1.41. The molecule has 182 valence electrons. The number of carbonyl (C=O) groups is 1. The first-order valence-corrected chi connectivity index (χ1v) is 12.0. The first-order chi connectivity index (χ1) is 17.7. The van der Waals surface area contributed by atoms with E-state index in [1.807, 2.05) is 91.0 Å². The van der Waals surface area contributed by atoms with Crippen LogP contribution in [-0.4, -0.2) is 37.6 Å². The summed E-state index contributed by atoms with van der Waals surface area (Å²) in [5, 5.41) is 0. The maximum Gasteiger partial charge on any atom is 0.338 e. The number of carbonyl (C=O) groups excluding carboxylic acids is 1. The minimum absolute atomic E-state index is 0.0250. The molecule has 1 fully saturated rings. The highest BCUT2D eigenvalue weighted by Crippen LogP contribution is 2.41. The number of rotatable bonds is 8. The predicted molar refractivity (Wildman–Crippen MR) is 135 cm³/mol. The van der Waals surface area contributed by atoms with Crippen molar-refractivity contribution in [2.75, 3.05) is 13.2 Å². The van der Waals surface area contributed by atoms with Gasteiger partial charge in [-0.25, -0.2) is 9.18 Å². The van der Waals surface area contributed by atoms with Gasteiger partial charge in [-0.3, -0.25) is 0 Å². The largest absolute Gasteiger partial charge is 0.453 e. The fraction of sp³-hybridized carbons (Fsp3) is 0.194. The first-order valence-electron chi connectivity index (χ1n) is 12.0. The Hall–Kier alpha value is -3.80. The van der Waals surface area contributed by atoms with E-state index in [1.165, 1.54) is 0 Å². The van der Waals surface area contributed by atoms with E-state index < -0.39 is 29.9 Å². The number of hydrogen-bond donors (Lipinski definition) is 0. The molecule has 0 saturated carbocycles. The van der Waals surface area contributed by atoms with E-state index >= 15 is 4.39 Å². The van der Waals surface area contributed by atoms with Crippen LogP contribution in [0.3, 0.4) is 0 Å². The summed E-state index contributed by atoms with van der Waals surface area (Å²) in [5.74, 6) is -0.569. The van der Waals surface area contributed by atoms with Crippen molar-refractivity contribution in [3.63, 3.8) is 0 Å². The molecular formula is C31H27FO4. The topological polar surface area (TPSA) is 44.8 Å². The third-order valence-corrected chi connectivity index (χ3v) is 6.46. The van der Waals surface area contributed by atoms with E-state index in [-0.39, 0.29) is 13.2 Å². The van der Waals surface area contributed by atoms with Gasteiger partial charge in [0.1, 0.15) is 11.7 Å². The van der Waals surface area contributed by atoms with Gasteiger partial charge in [-0.1, -0.05) is 109 Å². The average molecular weight is 483 g/mol. The van der Waals surface area contributed by atoms with Gasteiger partial charge < -0.3 is 14.2 Å². The Labute approximate surface area is 210 Å². The fourth-order valence-electron chi connectivity index (χ4n) is 4.64. The lowest BCUT2D eigenvalue weighted by atomic mass is 9.80. The maximum atomic E-state index is 15.4. The Morgan fingerprint density at radius 1 is 0.750 bits per heavy atom. The van der Waals surface area contributed by atoms with Crippen molar-refractivity contribution >= 4 is 5.97 Å². The highest BCUT2D eigenvalue weighted by molar-refractivity contribution is 5.89. The molecule has 4 aromatic carbocycles. The molecule has 0 radical (unpaired) electrons. The van der Waals surface area contributed by atoms with Crippen molar-refractivity contribution in [3.8, 4) is 0 Å².